The number of rotatable bonds is 4. The van der Waals surface area contributed by atoms with Crippen LogP contribution in [-0.4, -0.2) is 23.5 Å². The summed E-state index contributed by atoms with van der Waals surface area (Å²) in [5.41, 5.74) is 0.945. The van der Waals surface area contributed by atoms with Crippen LogP contribution in [0.4, 0.5) is 0 Å². The highest BCUT2D eigenvalue weighted by molar-refractivity contribution is 5.80. The van der Waals surface area contributed by atoms with Gasteiger partial charge in [-0.25, -0.2) is 0 Å². The van der Waals surface area contributed by atoms with Gasteiger partial charge in [0.25, 0.3) is 0 Å². The van der Waals surface area contributed by atoms with E-state index in [0.29, 0.717) is 0 Å². The fraction of sp³-hybridized carbons (Fsp3) is 0.857. The van der Waals surface area contributed by atoms with E-state index in [-0.39, 0.29) is 6.61 Å². The summed E-state index contributed by atoms with van der Waals surface area (Å²) in [4.78, 5) is 4.79. The first-order chi connectivity index (χ1) is 4.66. The Morgan fingerprint density at radius 1 is 1.70 bits per heavy atom. The molecule has 0 amide bonds. The maximum atomic E-state index is 8.74. The van der Waals surface area contributed by atoms with Crippen LogP contribution in [0.2, 0.25) is 0 Å². The Kier molecular flexibility index (Phi) is 4.94. The van der Waals surface area contributed by atoms with Crippen LogP contribution in [0.1, 0.15) is 27.2 Å². The van der Waals surface area contributed by atoms with Gasteiger partial charge in [0.1, 0.15) is 6.61 Å². The number of hydrogen-bond donors (Lipinski definition) is 1. The Morgan fingerprint density at radius 3 is 2.70 bits per heavy atom. The Bertz CT molecular complexity index is 110. The van der Waals surface area contributed by atoms with Gasteiger partial charge in [-0.1, -0.05) is 12.1 Å². The number of aliphatic hydroxyl groups is 1. The lowest BCUT2D eigenvalue weighted by Crippen LogP contribution is -2.08. The predicted molar refractivity (Wildman–Crippen MR) is 41.0 cm³/mol. The molecule has 0 aromatic carbocycles. The van der Waals surface area contributed by atoms with Gasteiger partial charge in [0.15, 0.2) is 0 Å². The first kappa shape index (κ1) is 9.43. The van der Waals surface area contributed by atoms with Crippen LogP contribution in [-0.2, 0) is 4.84 Å². The number of nitrogens with zero attached hydrogens (tertiary/aromatic N) is 1. The van der Waals surface area contributed by atoms with Crippen LogP contribution in [0.3, 0.4) is 0 Å². The van der Waals surface area contributed by atoms with E-state index in [1.807, 2.05) is 13.8 Å². The molecule has 3 nitrogen and oxygen atoms in total. The molecule has 0 radical (unpaired) electrons. The van der Waals surface area contributed by atoms with Gasteiger partial charge in [-0.2, -0.15) is 0 Å². The topological polar surface area (TPSA) is 41.8 Å². The molecule has 0 fully saturated rings. The zero-order valence-corrected chi connectivity index (χ0v) is 6.79. The van der Waals surface area contributed by atoms with E-state index in [2.05, 4.69) is 5.16 Å². The van der Waals surface area contributed by atoms with Crippen LogP contribution < -0.4 is 0 Å². The largest absolute Gasteiger partial charge is 0.393 e. The molecule has 1 atom stereocenters. The van der Waals surface area contributed by atoms with E-state index in [1.54, 1.807) is 6.92 Å². The molecule has 0 aromatic heterocycles. The van der Waals surface area contributed by atoms with Crippen molar-refractivity contribution in [3.63, 3.8) is 0 Å². The predicted octanol–water partition coefficient (Wildman–Crippen LogP) is 1.17. The van der Waals surface area contributed by atoms with Crippen molar-refractivity contribution in [1.82, 2.24) is 0 Å². The Balaban J connectivity index is 3.34. The average Bonchev–Trinajstić information content (AvgIpc) is 1.87. The SMILES string of the molecule is CC/C(C)=N\OCC(C)O. The molecule has 0 aromatic rings. The molecule has 0 saturated heterocycles. The van der Waals surface area contributed by atoms with E-state index >= 15 is 0 Å². The number of hydrogen-bond acceptors (Lipinski definition) is 3. The molecule has 1 unspecified atom stereocenters. The number of oxime groups is 1. The van der Waals surface area contributed by atoms with Gasteiger partial charge in [0, 0.05) is 0 Å². The summed E-state index contributed by atoms with van der Waals surface area (Å²) in [5, 5.41) is 12.5. The molecule has 0 rings (SSSR count). The maximum absolute atomic E-state index is 8.74. The lowest BCUT2D eigenvalue weighted by molar-refractivity contribution is 0.0497. The zero-order valence-electron chi connectivity index (χ0n) is 6.79. The Morgan fingerprint density at radius 2 is 2.30 bits per heavy atom. The maximum Gasteiger partial charge on any atom is 0.142 e. The second kappa shape index (κ2) is 5.23. The van der Waals surface area contributed by atoms with Crippen molar-refractivity contribution < 1.29 is 9.94 Å². The third-order valence-corrected chi connectivity index (χ3v) is 1.05. The molecule has 1 N–H and O–H groups in total. The normalized spacial score (nSPS) is 15.0. The lowest BCUT2D eigenvalue weighted by Gasteiger charge is -2.01. The molecule has 0 saturated carbocycles. The molecule has 3 heteroatoms. The zero-order chi connectivity index (χ0) is 7.98. The van der Waals surface area contributed by atoms with Crippen LogP contribution in [0.15, 0.2) is 5.16 Å². The quantitative estimate of drug-likeness (QED) is 0.476. The molecule has 0 heterocycles. The van der Waals surface area contributed by atoms with Crippen molar-refractivity contribution in [2.24, 2.45) is 5.16 Å². The lowest BCUT2D eigenvalue weighted by atomic mass is 10.3. The monoisotopic (exact) mass is 145 g/mol. The summed E-state index contributed by atoms with van der Waals surface area (Å²) < 4.78 is 0. The summed E-state index contributed by atoms with van der Waals surface area (Å²) in [6.07, 6.45) is 0.452. The van der Waals surface area contributed by atoms with Crippen LogP contribution in [0, 0.1) is 0 Å². The fourth-order valence-corrected chi connectivity index (χ4v) is 0.320. The molecule has 0 aliphatic carbocycles. The highest BCUT2D eigenvalue weighted by Crippen LogP contribution is 1.88. The molecule has 0 aliphatic heterocycles. The smallest absolute Gasteiger partial charge is 0.142 e. The van der Waals surface area contributed by atoms with Gasteiger partial charge in [0.2, 0.25) is 0 Å². The van der Waals surface area contributed by atoms with Crippen molar-refractivity contribution in [3.05, 3.63) is 0 Å². The summed E-state index contributed by atoms with van der Waals surface area (Å²) in [6, 6.07) is 0. The second-order valence-electron chi connectivity index (χ2n) is 2.32. The van der Waals surface area contributed by atoms with Crippen LogP contribution in [0.5, 0.6) is 0 Å². The van der Waals surface area contributed by atoms with Crippen molar-refractivity contribution in [2.75, 3.05) is 6.61 Å². The highest BCUT2D eigenvalue weighted by atomic mass is 16.6. The summed E-state index contributed by atoms with van der Waals surface area (Å²) >= 11 is 0. The third-order valence-electron chi connectivity index (χ3n) is 1.05. The standard InChI is InChI=1S/C7H15NO2/c1-4-6(2)8-10-5-7(3)9/h7,9H,4-5H2,1-3H3/b8-6-. The van der Waals surface area contributed by atoms with Crippen molar-refractivity contribution >= 4 is 5.71 Å². The van der Waals surface area contributed by atoms with E-state index < -0.39 is 6.10 Å². The van der Waals surface area contributed by atoms with Gasteiger partial charge in [-0.3, -0.25) is 0 Å². The first-order valence-electron chi connectivity index (χ1n) is 3.50. The third kappa shape index (κ3) is 5.56. The summed E-state index contributed by atoms with van der Waals surface area (Å²) in [7, 11) is 0. The van der Waals surface area contributed by atoms with E-state index in [1.165, 1.54) is 0 Å². The molecule has 0 aliphatic rings. The average molecular weight is 145 g/mol. The van der Waals surface area contributed by atoms with Crippen molar-refractivity contribution in [3.8, 4) is 0 Å². The molecule has 0 spiro atoms. The minimum atomic E-state index is -0.437. The van der Waals surface area contributed by atoms with Crippen LogP contribution >= 0.6 is 0 Å². The van der Waals surface area contributed by atoms with Gasteiger partial charge < -0.3 is 9.94 Å². The fourth-order valence-electron chi connectivity index (χ4n) is 0.320. The molecule has 60 valence electrons. The molecule has 0 bridgehead atoms. The van der Waals surface area contributed by atoms with Gasteiger partial charge in [-0.15, -0.1) is 0 Å². The highest BCUT2D eigenvalue weighted by Gasteiger charge is 1.93. The van der Waals surface area contributed by atoms with E-state index in [9.17, 15) is 0 Å². The van der Waals surface area contributed by atoms with Crippen molar-refractivity contribution in [2.45, 2.75) is 33.3 Å². The minimum Gasteiger partial charge on any atom is -0.393 e. The Hall–Kier alpha value is -0.570. The summed E-state index contributed by atoms with van der Waals surface area (Å²) in [5.74, 6) is 0. The van der Waals surface area contributed by atoms with E-state index in [0.717, 1.165) is 12.1 Å². The number of aliphatic hydroxyl groups excluding tert-OH is 1. The minimum absolute atomic E-state index is 0.275. The van der Waals surface area contributed by atoms with Gasteiger partial charge in [0.05, 0.1) is 11.8 Å². The van der Waals surface area contributed by atoms with E-state index in [4.69, 9.17) is 9.94 Å². The van der Waals surface area contributed by atoms with Crippen LogP contribution in [0.25, 0.3) is 0 Å². The van der Waals surface area contributed by atoms with Gasteiger partial charge in [-0.05, 0) is 20.3 Å². The van der Waals surface area contributed by atoms with Gasteiger partial charge >= 0.3 is 0 Å². The second-order valence-corrected chi connectivity index (χ2v) is 2.32. The van der Waals surface area contributed by atoms with Crippen molar-refractivity contribution in [1.29, 1.82) is 0 Å². The molecule has 10 heavy (non-hydrogen) atoms. The first-order valence-corrected chi connectivity index (χ1v) is 3.50. The summed E-state index contributed by atoms with van der Waals surface area (Å²) in [6.45, 7) is 5.83. The Labute approximate surface area is 61.7 Å². The molecular formula is C7H15NO2. The molecular weight excluding hydrogens is 130 g/mol.